The lowest BCUT2D eigenvalue weighted by Crippen LogP contribution is -2.28. The number of hydrogen-bond donors (Lipinski definition) is 1. The topological polar surface area (TPSA) is 80.5 Å². The SMILES string of the molecule is NS(=O)(=O)CC1CC(=O)N(c2c(F)cc(F)cc2Br)C1. The molecule has 5 nitrogen and oxygen atoms in total. The summed E-state index contributed by atoms with van der Waals surface area (Å²) < 4.78 is 49.0. The Bertz CT molecular complexity index is 643. The average molecular weight is 369 g/mol. The van der Waals surface area contributed by atoms with E-state index in [0.717, 1.165) is 11.0 Å². The highest BCUT2D eigenvalue weighted by Gasteiger charge is 2.35. The molecular formula is C11H11BrF2N2O3S. The van der Waals surface area contributed by atoms with Gasteiger partial charge in [-0.3, -0.25) is 4.79 Å². The number of halogens is 3. The molecule has 20 heavy (non-hydrogen) atoms. The Balaban J connectivity index is 2.29. The van der Waals surface area contributed by atoms with Crippen LogP contribution in [0.2, 0.25) is 0 Å². The lowest BCUT2D eigenvalue weighted by Gasteiger charge is -2.19. The fourth-order valence-electron chi connectivity index (χ4n) is 2.23. The molecule has 9 heteroatoms. The molecule has 110 valence electrons. The summed E-state index contributed by atoms with van der Waals surface area (Å²) in [6, 6.07) is 1.71. The molecule has 1 atom stereocenters. The van der Waals surface area contributed by atoms with Crippen LogP contribution >= 0.6 is 15.9 Å². The van der Waals surface area contributed by atoms with Gasteiger partial charge in [0.15, 0.2) is 5.82 Å². The molecule has 0 aliphatic carbocycles. The molecule has 0 spiro atoms. The summed E-state index contributed by atoms with van der Waals surface area (Å²) in [6.07, 6.45) is -0.0420. The van der Waals surface area contributed by atoms with E-state index in [4.69, 9.17) is 5.14 Å². The lowest BCUT2D eigenvalue weighted by molar-refractivity contribution is -0.117. The van der Waals surface area contributed by atoms with E-state index in [1.165, 1.54) is 0 Å². The molecule has 0 bridgehead atoms. The minimum absolute atomic E-state index is 0.0242. The van der Waals surface area contributed by atoms with Crippen LogP contribution in [-0.2, 0) is 14.8 Å². The maximum absolute atomic E-state index is 13.8. The van der Waals surface area contributed by atoms with Crippen LogP contribution < -0.4 is 10.0 Å². The fraction of sp³-hybridized carbons (Fsp3) is 0.364. The van der Waals surface area contributed by atoms with Gasteiger partial charge in [0.05, 0.1) is 11.4 Å². The van der Waals surface area contributed by atoms with Gasteiger partial charge in [0.25, 0.3) is 0 Å². The summed E-state index contributed by atoms with van der Waals surface area (Å²) in [7, 11) is -3.71. The first-order valence-electron chi connectivity index (χ1n) is 5.63. The quantitative estimate of drug-likeness (QED) is 0.874. The molecule has 1 saturated heterocycles. The highest BCUT2D eigenvalue weighted by molar-refractivity contribution is 9.10. The number of anilines is 1. The van der Waals surface area contributed by atoms with Crippen molar-refractivity contribution in [3.63, 3.8) is 0 Å². The average Bonchev–Trinajstić information content (AvgIpc) is 2.55. The van der Waals surface area contributed by atoms with Crippen LogP contribution in [0.4, 0.5) is 14.5 Å². The summed E-state index contributed by atoms with van der Waals surface area (Å²) in [4.78, 5) is 13.0. The predicted octanol–water partition coefficient (Wildman–Crippen LogP) is 1.37. The number of carbonyl (C=O) groups excluding carboxylic acids is 1. The number of hydrogen-bond acceptors (Lipinski definition) is 3. The van der Waals surface area contributed by atoms with Crippen molar-refractivity contribution in [2.45, 2.75) is 6.42 Å². The molecule has 1 amide bonds. The first-order valence-corrected chi connectivity index (χ1v) is 8.13. The van der Waals surface area contributed by atoms with Crippen molar-refractivity contribution < 1.29 is 22.0 Å². The van der Waals surface area contributed by atoms with Gasteiger partial charge in [-0.05, 0) is 22.0 Å². The molecule has 0 aromatic heterocycles. The molecule has 1 aromatic rings. The normalized spacial score (nSPS) is 19.7. The molecule has 0 saturated carbocycles. The van der Waals surface area contributed by atoms with Gasteiger partial charge in [-0.25, -0.2) is 22.3 Å². The third kappa shape index (κ3) is 3.33. The Labute approximate surface area is 122 Å². The Morgan fingerprint density at radius 2 is 2.05 bits per heavy atom. The van der Waals surface area contributed by atoms with E-state index in [1.54, 1.807) is 0 Å². The van der Waals surface area contributed by atoms with E-state index in [1.807, 2.05) is 0 Å². The maximum Gasteiger partial charge on any atom is 0.227 e. The van der Waals surface area contributed by atoms with Crippen LogP contribution in [-0.4, -0.2) is 26.6 Å². The molecule has 1 aliphatic rings. The Morgan fingerprint density at radius 1 is 1.40 bits per heavy atom. The van der Waals surface area contributed by atoms with Crippen LogP contribution in [0, 0.1) is 17.6 Å². The number of nitrogens with zero attached hydrogens (tertiary/aromatic N) is 1. The van der Waals surface area contributed by atoms with E-state index >= 15 is 0 Å². The summed E-state index contributed by atoms with van der Waals surface area (Å²) in [6.45, 7) is 0.0242. The molecule has 0 radical (unpaired) electrons. The maximum atomic E-state index is 13.8. The van der Waals surface area contributed by atoms with Crippen LogP contribution in [0.3, 0.4) is 0 Å². The number of carbonyl (C=O) groups is 1. The van der Waals surface area contributed by atoms with Gasteiger partial charge in [0.1, 0.15) is 5.82 Å². The van der Waals surface area contributed by atoms with Crippen LogP contribution in [0.5, 0.6) is 0 Å². The Kier molecular flexibility index (Phi) is 4.12. The van der Waals surface area contributed by atoms with Gasteiger partial charge < -0.3 is 4.90 Å². The molecule has 1 heterocycles. The molecule has 1 aliphatic heterocycles. The van der Waals surface area contributed by atoms with Crippen molar-refractivity contribution in [2.75, 3.05) is 17.2 Å². The van der Waals surface area contributed by atoms with Crippen LogP contribution in [0.15, 0.2) is 16.6 Å². The number of amides is 1. The monoisotopic (exact) mass is 368 g/mol. The first kappa shape index (κ1) is 15.3. The second-order valence-corrected chi connectivity index (χ2v) is 7.14. The number of benzene rings is 1. The van der Waals surface area contributed by atoms with Gasteiger partial charge in [0, 0.05) is 29.4 Å². The van der Waals surface area contributed by atoms with Crippen molar-refractivity contribution >= 4 is 37.5 Å². The Hall–Kier alpha value is -1.06. The van der Waals surface area contributed by atoms with Gasteiger partial charge >= 0.3 is 0 Å². The van der Waals surface area contributed by atoms with E-state index in [-0.39, 0.29) is 28.9 Å². The smallest absolute Gasteiger partial charge is 0.227 e. The molecular weight excluding hydrogens is 358 g/mol. The zero-order chi connectivity index (χ0) is 15.1. The van der Waals surface area contributed by atoms with Gasteiger partial charge in [-0.15, -0.1) is 0 Å². The van der Waals surface area contributed by atoms with E-state index in [0.29, 0.717) is 6.07 Å². The second-order valence-electron chi connectivity index (χ2n) is 4.62. The standard InChI is InChI=1S/C11H11BrF2N2O3S/c12-8-2-7(13)3-9(14)11(8)16-4-6(1-10(16)17)5-20(15,18)19/h2-3,6H,1,4-5H2,(H2,15,18,19). The summed E-state index contributed by atoms with van der Waals surface area (Å²) in [5.74, 6) is -2.94. The number of sulfonamides is 1. The predicted molar refractivity (Wildman–Crippen MR) is 72.5 cm³/mol. The van der Waals surface area contributed by atoms with E-state index in [9.17, 15) is 22.0 Å². The summed E-state index contributed by atoms with van der Waals surface area (Å²) >= 11 is 3.00. The molecule has 1 fully saturated rings. The number of primary sulfonamides is 1. The van der Waals surface area contributed by atoms with Gasteiger partial charge in [-0.1, -0.05) is 0 Å². The number of rotatable bonds is 3. The van der Waals surface area contributed by atoms with Crippen molar-refractivity contribution in [3.05, 3.63) is 28.2 Å². The highest BCUT2D eigenvalue weighted by atomic mass is 79.9. The van der Waals surface area contributed by atoms with E-state index < -0.39 is 33.5 Å². The summed E-state index contributed by atoms with van der Waals surface area (Å²) in [5, 5.41) is 4.93. The highest BCUT2D eigenvalue weighted by Crippen LogP contribution is 2.34. The Morgan fingerprint density at radius 3 is 2.60 bits per heavy atom. The second kappa shape index (κ2) is 5.38. The number of nitrogens with two attached hydrogens (primary N) is 1. The van der Waals surface area contributed by atoms with Crippen molar-refractivity contribution in [2.24, 2.45) is 11.1 Å². The lowest BCUT2D eigenvalue weighted by atomic mass is 10.1. The van der Waals surface area contributed by atoms with E-state index in [2.05, 4.69) is 15.9 Å². The van der Waals surface area contributed by atoms with Crippen molar-refractivity contribution in [1.29, 1.82) is 0 Å². The molecule has 2 N–H and O–H groups in total. The largest absolute Gasteiger partial charge is 0.308 e. The zero-order valence-electron chi connectivity index (χ0n) is 10.1. The molecule has 2 rings (SSSR count). The van der Waals surface area contributed by atoms with Gasteiger partial charge in [0.2, 0.25) is 15.9 Å². The first-order chi connectivity index (χ1) is 9.17. The van der Waals surface area contributed by atoms with Gasteiger partial charge in [-0.2, -0.15) is 0 Å². The van der Waals surface area contributed by atoms with Crippen molar-refractivity contribution in [3.8, 4) is 0 Å². The summed E-state index contributed by atoms with van der Waals surface area (Å²) in [5.41, 5.74) is -0.0895. The minimum atomic E-state index is -3.71. The third-order valence-electron chi connectivity index (χ3n) is 2.92. The minimum Gasteiger partial charge on any atom is -0.308 e. The van der Waals surface area contributed by atoms with Crippen LogP contribution in [0.1, 0.15) is 6.42 Å². The third-order valence-corrected chi connectivity index (χ3v) is 4.47. The fourth-order valence-corrected chi connectivity index (χ4v) is 3.73. The van der Waals surface area contributed by atoms with Crippen molar-refractivity contribution in [1.82, 2.24) is 0 Å². The van der Waals surface area contributed by atoms with Crippen LogP contribution in [0.25, 0.3) is 0 Å². The zero-order valence-corrected chi connectivity index (χ0v) is 12.5. The molecule has 1 aromatic carbocycles. The molecule has 1 unspecified atom stereocenters.